The molecule has 0 bridgehead atoms. The Morgan fingerprint density at radius 1 is 0.954 bits per heavy atom. The Bertz CT molecular complexity index is 2770. The lowest BCUT2D eigenvalue weighted by Gasteiger charge is -2.46. The largest absolute Gasteiger partial charge is 0.474 e. The van der Waals surface area contributed by atoms with Crippen molar-refractivity contribution in [2.75, 3.05) is 101 Å². The number of nitrogens with one attached hydrogen (secondary N) is 3. The summed E-state index contributed by atoms with van der Waals surface area (Å²) in [5.41, 5.74) is 6.65. The van der Waals surface area contributed by atoms with E-state index in [1.54, 1.807) is 12.3 Å². The molecule has 3 aromatic carbocycles. The molecule has 6 heterocycles. The van der Waals surface area contributed by atoms with Crippen LogP contribution in [-0.2, 0) is 24.2 Å². The Labute approximate surface area is 380 Å². The highest BCUT2D eigenvalue weighted by Crippen LogP contribution is 2.48. The summed E-state index contributed by atoms with van der Waals surface area (Å²) in [6, 6.07) is 20.9. The van der Waals surface area contributed by atoms with Gasteiger partial charge in [0, 0.05) is 73.0 Å². The van der Waals surface area contributed by atoms with E-state index in [2.05, 4.69) is 41.9 Å². The number of H-pyrrole nitrogens is 1. The number of benzene rings is 3. The Morgan fingerprint density at radius 2 is 1.78 bits per heavy atom. The number of nitrogens with zero attached hydrogens (tertiary/aromatic N) is 5. The molecule has 3 N–H and O–H groups in total. The maximum atomic E-state index is 14.3. The Kier molecular flexibility index (Phi) is 11.9. The van der Waals surface area contributed by atoms with Gasteiger partial charge < -0.3 is 39.0 Å². The summed E-state index contributed by atoms with van der Waals surface area (Å²) < 4.78 is 52.7. The van der Waals surface area contributed by atoms with Gasteiger partial charge in [0.05, 0.1) is 66.8 Å². The lowest BCUT2D eigenvalue weighted by atomic mass is 9.69. The van der Waals surface area contributed by atoms with Gasteiger partial charge in [-0.1, -0.05) is 29.3 Å². The van der Waals surface area contributed by atoms with Crippen molar-refractivity contribution in [1.82, 2.24) is 19.6 Å². The lowest BCUT2D eigenvalue weighted by Crippen LogP contribution is -2.48. The van der Waals surface area contributed by atoms with Crippen LogP contribution in [0.25, 0.3) is 16.6 Å². The van der Waals surface area contributed by atoms with Gasteiger partial charge in [0.1, 0.15) is 23.6 Å². The number of sulfonamides is 1. The van der Waals surface area contributed by atoms with Crippen molar-refractivity contribution in [3.05, 3.63) is 111 Å². The third-order valence-corrected chi connectivity index (χ3v) is 14.6. The Morgan fingerprint density at radius 3 is 2.54 bits per heavy atom. The second-order valence-electron chi connectivity index (χ2n) is 17.3. The summed E-state index contributed by atoms with van der Waals surface area (Å²) in [4.78, 5) is 39.9. The fraction of sp³-hybridized carbons (Fsp3) is 0.391. The summed E-state index contributed by atoms with van der Waals surface area (Å²) in [6.07, 6.45) is 4.61. The Hall–Kier alpha value is -5.76. The number of rotatable bonds is 12. The number of carbonyl (C=O) groups excluding carboxylic acids is 1. The average Bonchev–Trinajstić information content (AvgIpc) is 3.77. The fourth-order valence-corrected chi connectivity index (χ4v) is 10.6. The molecule has 2 aromatic heterocycles. The molecule has 0 radical (unpaired) electrons. The number of halogens is 1. The number of ether oxygens (including phenoxy) is 4. The van der Waals surface area contributed by atoms with E-state index in [4.69, 9.17) is 30.5 Å². The third kappa shape index (κ3) is 8.98. The molecule has 65 heavy (non-hydrogen) atoms. The van der Waals surface area contributed by atoms with Crippen LogP contribution < -0.4 is 24.6 Å². The van der Waals surface area contributed by atoms with Gasteiger partial charge in [-0.2, -0.15) is 4.98 Å². The number of nitro groups is 1. The number of allylic oxidation sites excluding steroid dienone is 1. The molecule has 19 heteroatoms. The molecule has 10 rings (SSSR count). The summed E-state index contributed by atoms with van der Waals surface area (Å²) in [5.74, 6) is -0.523. The monoisotopic (exact) mass is 924 g/mol. The molecule has 0 unspecified atom stereocenters. The molecule has 340 valence electrons. The molecule has 1 amide bonds. The smallest absolute Gasteiger partial charge is 0.293 e. The zero-order valence-corrected chi connectivity index (χ0v) is 37.2. The molecular formula is C46H49ClN8O9S. The molecule has 4 aliphatic heterocycles. The molecule has 1 aliphatic carbocycles. The number of fused-ring (bicyclic) bond motifs is 2. The quantitative estimate of drug-likeness (QED) is 0.0922. The molecule has 3 fully saturated rings. The van der Waals surface area contributed by atoms with E-state index in [0.717, 1.165) is 87.4 Å². The van der Waals surface area contributed by atoms with E-state index in [-0.39, 0.29) is 35.9 Å². The second-order valence-corrected chi connectivity index (χ2v) is 19.4. The first-order valence-electron chi connectivity index (χ1n) is 21.8. The number of hydrogen-bond donors (Lipinski definition) is 3. The van der Waals surface area contributed by atoms with Crippen molar-refractivity contribution in [3.63, 3.8) is 0 Å². The second kappa shape index (κ2) is 17.9. The number of aromatic amines is 1. The topological polar surface area (TPSA) is 194 Å². The van der Waals surface area contributed by atoms with Crippen LogP contribution in [0.1, 0.15) is 35.2 Å². The van der Waals surface area contributed by atoms with Crippen LogP contribution >= 0.6 is 11.6 Å². The first-order valence-corrected chi connectivity index (χ1v) is 23.7. The number of piperazine rings is 1. The standard InChI is InChI=1S/C46H49ClN8O9S/c47-33-3-1-30(2-4-33)38-24-46(28-62-29-46)11-9-32(38)26-52-13-15-53(16-14-52)34-5-7-37(40(22-34)54-17-18-64-45-42(54)21-31-10-12-48-43(31)50-45)44(56)51-65(59,60)36-6-8-39(41(23-36)55(57)58)49-25-35-27-61-19-20-63-35/h1-8,10,12,21-23,35,49H,9,11,13-20,24-29H2,(H,48,50)(H,51,56)/t35-/m1/s1. The van der Waals surface area contributed by atoms with E-state index in [1.807, 2.05) is 41.3 Å². The molecular weight excluding hydrogens is 876 g/mol. The lowest BCUT2D eigenvalue weighted by molar-refractivity contribution is -0.384. The first-order chi connectivity index (χ1) is 31.5. The number of nitro benzene ring substituents is 1. The van der Waals surface area contributed by atoms with Gasteiger partial charge in [0.25, 0.3) is 21.6 Å². The molecule has 17 nitrogen and oxygen atoms in total. The van der Waals surface area contributed by atoms with E-state index in [1.165, 1.54) is 28.8 Å². The van der Waals surface area contributed by atoms with Crippen LogP contribution in [0.4, 0.5) is 28.4 Å². The van der Waals surface area contributed by atoms with E-state index >= 15 is 0 Å². The SMILES string of the molecule is O=C(NS(=O)(=O)c1ccc(NC[C@@H]2COCCO2)c([N+](=O)[O-])c1)c1ccc(N2CCN(CC3=C(c4ccc(Cl)cc4)CC4(CC3)COC4)CC2)cc1N1CCOc2nc3[nH]ccc3cc21. The summed E-state index contributed by atoms with van der Waals surface area (Å²) in [6.45, 7) is 7.63. The Balaban J connectivity index is 0.906. The van der Waals surface area contributed by atoms with Gasteiger partial charge in [-0.25, -0.2) is 13.1 Å². The summed E-state index contributed by atoms with van der Waals surface area (Å²) in [5, 5.41) is 16.7. The normalized spacial score (nSPS) is 20.0. The highest BCUT2D eigenvalue weighted by Gasteiger charge is 2.42. The number of pyridine rings is 1. The molecule has 0 saturated carbocycles. The highest BCUT2D eigenvalue weighted by molar-refractivity contribution is 7.90. The van der Waals surface area contributed by atoms with Crippen LogP contribution in [0.2, 0.25) is 5.02 Å². The number of aromatic nitrogens is 2. The molecule has 1 atom stereocenters. The highest BCUT2D eigenvalue weighted by atomic mass is 35.5. The average molecular weight is 925 g/mol. The van der Waals surface area contributed by atoms with Crippen LogP contribution in [0.3, 0.4) is 0 Å². The fourth-order valence-electron chi connectivity index (χ4n) is 9.44. The predicted molar refractivity (Wildman–Crippen MR) is 246 cm³/mol. The third-order valence-electron chi connectivity index (χ3n) is 13.0. The van der Waals surface area contributed by atoms with Crippen LogP contribution in [-0.4, -0.2) is 126 Å². The van der Waals surface area contributed by atoms with Crippen LogP contribution in [0, 0.1) is 15.5 Å². The number of hydrogen-bond acceptors (Lipinski definition) is 14. The maximum Gasteiger partial charge on any atom is 0.293 e. The van der Waals surface area contributed by atoms with Crippen molar-refractivity contribution < 1.29 is 37.1 Å². The first kappa shape index (κ1) is 43.1. The van der Waals surface area contributed by atoms with E-state index in [0.29, 0.717) is 49.3 Å². The zero-order chi connectivity index (χ0) is 44.7. The molecule has 1 spiro atoms. The van der Waals surface area contributed by atoms with Crippen molar-refractivity contribution >= 4 is 72.6 Å². The van der Waals surface area contributed by atoms with E-state index < -0.39 is 31.4 Å². The minimum absolute atomic E-state index is 0.0917. The molecule has 5 aliphatic rings. The molecule has 3 saturated heterocycles. The van der Waals surface area contributed by atoms with Gasteiger partial charge in [-0.05, 0) is 85.0 Å². The van der Waals surface area contributed by atoms with Crippen LogP contribution in [0.15, 0.2) is 89.5 Å². The van der Waals surface area contributed by atoms with Gasteiger partial charge in [-0.3, -0.25) is 19.8 Å². The predicted octanol–water partition coefficient (Wildman–Crippen LogP) is 6.38. The number of carbonyl (C=O) groups is 1. The minimum atomic E-state index is -4.59. The number of amides is 1. The minimum Gasteiger partial charge on any atom is -0.474 e. The maximum absolute atomic E-state index is 14.3. The van der Waals surface area contributed by atoms with Crippen molar-refractivity contribution in [2.45, 2.75) is 30.3 Å². The summed E-state index contributed by atoms with van der Waals surface area (Å²) in [7, 11) is -4.59. The van der Waals surface area contributed by atoms with Gasteiger partial charge >= 0.3 is 0 Å². The van der Waals surface area contributed by atoms with Crippen molar-refractivity contribution in [2.24, 2.45) is 5.41 Å². The van der Waals surface area contributed by atoms with Gasteiger partial charge in [-0.15, -0.1) is 0 Å². The zero-order valence-electron chi connectivity index (χ0n) is 35.6. The van der Waals surface area contributed by atoms with Crippen molar-refractivity contribution in [3.8, 4) is 5.88 Å². The van der Waals surface area contributed by atoms with Gasteiger partial charge in [0.2, 0.25) is 5.88 Å². The summed E-state index contributed by atoms with van der Waals surface area (Å²) >= 11 is 6.28. The number of anilines is 4. The van der Waals surface area contributed by atoms with Gasteiger partial charge in [0.15, 0.2) is 0 Å². The van der Waals surface area contributed by atoms with E-state index in [9.17, 15) is 23.3 Å². The van der Waals surface area contributed by atoms with Crippen molar-refractivity contribution in [1.29, 1.82) is 0 Å². The molecule has 5 aromatic rings. The van der Waals surface area contributed by atoms with Crippen LogP contribution in [0.5, 0.6) is 5.88 Å².